The first kappa shape index (κ1) is 15.6. The lowest BCUT2D eigenvalue weighted by atomic mass is 9.92. The van der Waals surface area contributed by atoms with Crippen LogP contribution in [0.3, 0.4) is 0 Å². The molecule has 2 rings (SSSR count). The summed E-state index contributed by atoms with van der Waals surface area (Å²) in [5.74, 6) is 0.648. The van der Waals surface area contributed by atoms with Crippen LogP contribution in [-0.2, 0) is 6.42 Å². The van der Waals surface area contributed by atoms with Crippen molar-refractivity contribution in [3.8, 4) is 0 Å². The van der Waals surface area contributed by atoms with Crippen LogP contribution in [0.5, 0.6) is 0 Å². The summed E-state index contributed by atoms with van der Waals surface area (Å²) < 4.78 is 0. The molecule has 1 aromatic rings. The average Bonchev–Trinajstić information content (AvgIpc) is 2.86. The number of rotatable bonds is 7. The Morgan fingerprint density at radius 2 is 2.10 bits per heavy atom. The molecule has 0 aliphatic heterocycles. The maximum atomic E-state index is 3.98. The fraction of sp³-hybridized carbons (Fsp3) is 0.333. The minimum Gasteiger partial charge on any atom is -0.0991 e. The van der Waals surface area contributed by atoms with Gasteiger partial charge in [-0.15, -0.1) is 0 Å². The van der Waals surface area contributed by atoms with Gasteiger partial charge in [-0.05, 0) is 46.6 Å². The van der Waals surface area contributed by atoms with Crippen molar-refractivity contribution in [2.45, 2.75) is 45.4 Å². The van der Waals surface area contributed by atoms with E-state index in [2.05, 4.69) is 51.3 Å². The predicted octanol–water partition coefficient (Wildman–Crippen LogP) is 6.22. The predicted molar refractivity (Wildman–Crippen MR) is 94.5 cm³/mol. The van der Waals surface area contributed by atoms with Gasteiger partial charge in [-0.3, -0.25) is 0 Å². The van der Waals surface area contributed by atoms with E-state index < -0.39 is 0 Å². The third-order valence-corrected chi connectivity index (χ3v) is 4.34. The van der Waals surface area contributed by atoms with Crippen LogP contribution in [-0.4, -0.2) is 0 Å². The van der Waals surface area contributed by atoms with Crippen LogP contribution < -0.4 is 0 Å². The summed E-state index contributed by atoms with van der Waals surface area (Å²) in [7, 11) is 0. The molecule has 0 spiro atoms. The highest BCUT2D eigenvalue weighted by molar-refractivity contribution is 5.84. The van der Waals surface area contributed by atoms with Crippen LogP contribution in [0.4, 0.5) is 0 Å². The first-order valence-corrected chi connectivity index (χ1v) is 7.99. The molecule has 1 aromatic carbocycles. The molecule has 0 amide bonds. The van der Waals surface area contributed by atoms with Crippen molar-refractivity contribution in [2.24, 2.45) is 0 Å². The van der Waals surface area contributed by atoms with E-state index >= 15 is 0 Å². The molecule has 21 heavy (non-hydrogen) atoms. The average molecular weight is 278 g/mol. The van der Waals surface area contributed by atoms with E-state index in [1.165, 1.54) is 47.1 Å². The largest absolute Gasteiger partial charge is 0.0991 e. The SMILES string of the molecule is C=C/C=C\C1=C(C=C)c2ccc(C(C)CCCC)cc2C1. The van der Waals surface area contributed by atoms with Gasteiger partial charge >= 0.3 is 0 Å². The van der Waals surface area contributed by atoms with Crippen molar-refractivity contribution in [3.63, 3.8) is 0 Å². The Morgan fingerprint density at radius 3 is 2.76 bits per heavy atom. The number of fused-ring (bicyclic) bond motifs is 1. The highest BCUT2D eigenvalue weighted by Gasteiger charge is 2.19. The van der Waals surface area contributed by atoms with Crippen molar-refractivity contribution in [2.75, 3.05) is 0 Å². The van der Waals surface area contributed by atoms with Crippen LogP contribution >= 0.6 is 0 Å². The maximum absolute atomic E-state index is 3.98. The van der Waals surface area contributed by atoms with Gasteiger partial charge in [0.2, 0.25) is 0 Å². The molecule has 0 saturated heterocycles. The first-order chi connectivity index (χ1) is 10.2. The van der Waals surface area contributed by atoms with Crippen LogP contribution in [0.1, 0.15) is 55.7 Å². The summed E-state index contributed by atoms with van der Waals surface area (Å²) in [5.41, 5.74) is 6.88. The van der Waals surface area contributed by atoms with Gasteiger partial charge in [0.15, 0.2) is 0 Å². The topological polar surface area (TPSA) is 0 Å². The van der Waals surface area contributed by atoms with Crippen molar-refractivity contribution in [1.82, 2.24) is 0 Å². The lowest BCUT2D eigenvalue weighted by Gasteiger charge is -2.13. The summed E-state index contributed by atoms with van der Waals surface area (Å²) in [6.45, 7) is 12.3. The maximum Gasteiger partial charge on any atom is -0.00134 e. The number of benzene rings is 1. The van der Waals surface area contributed by atoms with E-state index in [0.717, 1.165) is 6.42 Å². The molecule has 0 saturated carbocycles. The minimum atomic E-state index is 0.648. The van der Waals surface area contributed by atoms with E-state index in [0.29, 0.717) is 5.92 Å². The Bertz CT molecular complexity index is 584. The van der Waals surface area contributed by atoms with Gasteiger partial charge in [-0.1, -0.05) is 82.4 Å². The molecule has 0 fully saturated rings. The van der Waals surface area contributed by atoms with Gasteiger partial charge in [0, 0.05) is 0 Å². The lowest BCUT2D eigenvalue weighted by Crippen LogP contribution is -1.96. The lowest BCUT2D eigenvalue weighted by molar-refractivity contribution is 0.624. The molecule has 0 bridgehead atoms. The van der Waals surface area contributed by atoms with E-state index in [1.807, 2.05) is 18.2 Å². The van der Waals surface area contributed by atoms with Crippen molar-refractivity contribution >= 4 is 5.57 Å². The Morgan fingerprint density at radius 1 is 1.29 bits per heavy atom. The summed E-state index contributed by atoms with van der Waals surface area (Å²) in [4.78, 5) is 0. The molecule has 1 unspecified atom stereocenters. The van der Waals surface area contributed by atoms with Crippen molar-refractivity contribution in [1.29, 1.82) is 0 Å². The van der Waals surface area contributed by atoms with Crippen LogP contribution in [0, 0.1) is 0 Å². The van der Waals surface area contributed by atoms with E-state index in [9.17, 15) is 0 Å². The van der Waals surface area contributed by atoms with Gasteiger partial charge in [-0.25, -0.2) is 0 Å². The van der Waals surface area contributed by atoms with Crippen molar-refractivity contribution < 1.29 is 0 Å². The quantitative estimate of drug-likeness (QED) is 0.519. The third-order valence-electron chi connectivity index (χ3n) is 4.34. The molecule has 0 aromatic heterocycles. The Hall–Kier alpha value is -1.82. The molecule has 0 heteroatoms. The van der Waals surface area contributed by atoms with Crippen LogP contribution in [0.25, 0.3) is 5.57 Å². The number of hydrogen-bond acceptors (Lipinski definition) is 0. The molecule has 0 N–H and O–H groups in total. The Labute approximate surface area is 129 Å². The van der Waals surface area contributed by atoms with Gasteiger partial charge < -0.3 is 0 Å². The zero-order valence-corrected chi connectivity index (χ0v) is 13.4. The number of allylic oxidation sites excluding steroid dienone is 6. The van der Waals surface area contributed by atoms with Gasteiger partial charge in [0.05, 0.1) is 0 Å². The van der Waals surface area contributed by atoms with E-state index in [1.54, 1.807) is 0 Å². The molecule has 1 aliphatic rings. The van der Waals surface area contributed by atoms with Gasteiger partial charge in [-0.2, -0.15) is 0 Å². The van der Waals surface area contributed by atoms with E-state index in [4.69, 9.17) is 0 Å². The highest BCUT2D eigenvalue weighted by Crippen LogP contribution is 2.36. The fourth-order valence-electron chi connectivity index (χ4n) is 3.05. The van der Waals surface area contributed by atoms with Crippen molar-refractivity contribution in [3.05, 3.63) is 77.9 Å². The fourth-order valence-corrected chi connectivity index (χ4v) is 3.05. The zero-order valence-electron chi connectivity index (χ0n) is 13.4. The smallest absolute Gasteiger partial charge is 0.00134 e. The van der Waals surface area contributed by atoms with Crippen LogP contribution in [0.2, 0.25) is 0 Å². The summed E-state index contributed by atoms with van der Waals surface area (Å²) in [6, 6.07) is 6.97. The van der Waals surface area contributed by atoms with E-state index in [-0.39, 0.29) is 0 Å². The van der Waals surface area contributed by atoms with Gasteiger partial charge in [0.25, 0.3) is 0 Å². The van der Waals surface area contributed by atoms with Crippen LogP contribution in [0.15, 0.2) is 61.2 Å². The third kappa shape index (κ3) is 3.44. The zero-order chi connectivity index (χ0) is 15.2. The molecule has 1 aliphatic carbocycles. The monoisotopic (exact) mass is 278 g/mol. The molecular formula is C21H26. The molecular weight excluding hydrogens is 252 g/mol. The first-order valence-electron chi connectivity index (χ1n) is 7.99. The van der Waals surface area contributed by atoms with Gasteiger partial charge in [0.1, 0.15) is 0 Å². The second kappa shape index (κ2) is 7.26. The Kier molecular flexibility index (Phi) is 5.38. The second-order valence-corrected chi connectivity index (χ2v) is 5.87. The molecule has 0 radical (unpaired) electrons. The summed E-state index contributed by atoms with van der Waals surface area (Å²) in [6.07, 6.45) is 12.8. The number of unbranched alkanes of at least 4 members (excludes halogenated alkanes) is 1. The number of hydrogen-bond donors (Lipinski definition) is 0. The molecule has 0 heterocycles. The minimum absolute atomic E-state index is 0.648. The Balaban J connectivity index is 2.26. The second-order valence-electron chi connectivity index (χ2n) is 5.87. The standard InChI is InChI=1S/C21H26/c1-5-8-10-16(4)17-12-13-21-19(14-17)15-18(11-9-6-2)20(21)7-3/h6-7,9,11-14,16H,2-3,5,8,10,15H2,1,4H3/b11-9-. The normalized spacial score (nSPS) is 15.3. The molecule has 0 nitrogen and oxygen atoms in total. The molecule has 1 atom stereocenters. The summed E-state index contributed by atoms with van der Waals surface area (Å²) in [5, 5.41) is 0. The highest BCUT2D eigenvalue weighted by atomic mass is 14.2. The molecule has 110 valence electrons. The summed E-state index contributed by atoms with van der Waals surface area (Å²) >= 11 is 0.